The number of carbonyl (C=O) groups excluding carboxylic acids is 9. The molecular formula is C37H67N11O12. The number of aliphatic carboxylic acids is 1. The maximum atomic E-state index is 13.5. The molecule has 60 heavy (non-hydrogen) atoms. The molecule has 0 bridgehead atoms. The predicted octanol–water partition coefficient (Wildman–Crippen LogP) is -4.55. The molecule has 0 rings (SSSR count). The van der Waals surface area contributed by atoms with Crippen LogP contribution >= 0.6 is 0 Å². The van der Waals surface area contributed by atoms with E-state index < -0.39 is 127 Å². The van der Waals surface area contributed by atoms with Gasteiger partial charge >= 0.3 is 5.97 Å². The maximum absolute atomic E-state index is 13.5. The number of hydrogen-bond acceptors (Lipinski definition) is 13. The Kier molecular flexibility index (Phi) is 24.9. The van der Waals surface area contributed by atoms with Gasteiger partial charge in [0.25, 0.3) is 0 Å². The number of carbonyl (C=O) groups is 10. The number of aliphatic hydroxyl groups is 1. The zero-order valence-corrected chi connectivity index (χ0v) is 35.7. The number of nitrogens with two attached hydrogens (primary N) is 3. The Bertz CT molecular complexity index is 1510. The number of nitrogens with one attached hydrogen (secondary N) is 8. The molecule has 0 spiro atoms. The van der Waals surface area contributed by atoms with Crippen molar-refractivity contribution in [3.05, 3.63) is 0 Å². The Labute approximate surface area is 349 Å². The van der Waals surface area contributed by atoms with Crippen LogP contribution in [0.1, 0.15) is 93.9 Å². The first kappa shape index (κ1) is 54.6. The van der Waals surface area contributed by atoms with Gasteiger partial charge in [0.2, 0.25) is 53.2 Å². The molecule has 0 aromatic rings. The van der Waals surface area contributed by atoms with Gasteiger partial charge < -0.3 is 69.9 Å². The lowest BCUT2D eigenvalue weighted by atomic mass is 10.00. The van der Waals surface area contributed by atoms with Crippen molar-refractivity contribution in [2.45, 2.75) is 148 Å². The molecule has 0 aromatic carbocycles. The molecule has 9 amide bonds. The van der Waals surface area contributed by atoms with Crippen molar-refractivity contribution in [2.24, 2.45) is 29.0 Å². The van der Waals surface area contributed by atoms with E-state index in [4.69, 9.17) is 22.3 Å². The van der Waals surface area contributed by atoms with Crippen molar-refractivity contribution in [1.29, 1.82) is 0 Å². The Hall–Kier alpha value is -5.42. The van der Waals surface area contributed by atoms with Crippen molar-refractivity contribution in [3.8, 4) is 0 Å². The van der Waals surface area contributed by atoms with E-state index in [1.807, 2.05) is 27.7 Å². The molecule has 0 aliphatic heterocycles. The zero-order chi connectivity index (χ0) is 46.4. The minimum Gasteiger partial charge on any atom is -0.480 e. The highest BCUT2D eigenvalue weighted by Crippen LogP contribution is 2.10. The minimum atomic E-state index is -1.75. The number of unbranched alkanes of at least 4 members (excludes halogenated alkanes) is 1. The number of rotatable bonds is 28. The van der Waals surface area contributed by atoms with Gasteiger partial charge in [-0.15, -0.1) is 0 Å². The predicted molar refractivity (Wildman–Crippen MR) is 216 cm³/mol. The van der Waals surface area contributed by atoms with E-state index in [1.54, 1.807) is 0 Å². The van der Waals surface area contributed by atoms with Crippen molar-refractivity contribution >= 4 is 59.1 Å². The fourth-order valence-electron chi connectivity index (χ4n) is 5.46. The van der Waals surface area contributed by atoms with Crippen molar-refractivity contribution in [1.82, 2.24) is 42.5 Å². The fraction of sp³-hybridized carbons (Fsp3) is 0.730. The first-order valence-corrected chi connectivity index (χ1v) is 19.8. The first-order chi connectivity index (χ1) is 27.8. The van der Waals surface area contributed by atoms with E-state index in [0.29, 0.717) is 25.8 Å². The number of aliphatic hydroxyl groups excluding tert-OH is 1. The summed E-state index contributed by atoms with van der Waals surface area (Å²) in [5.41, 5.74) is 17.0. The SMILES string of the molecule is CC(C)CC(N)C(=O)NC(CC(C)C)C(=O)NC(CCCCN)C(=O)NC(C)C(=O)NC(CC(N)=O)C(=O)NC(C(=O)NC(C)C(=O)NC(C)C(=O)NCC(=O)O)C(C)O. The molecule has 0 fully saturated rings. The third-order valence-electron chi connectivity index (χ3n) is 8.75. The van der Waals surface area contributed by atoms with Crippen molar-refractivity contribution < 1.29 is 58.2 Å². The summed E-state index contributed by atoms with van der Waals surface area (Å²) in [6.45, 7) is 12.0. The summed E-state index contributed by atoms with van der Waals surface area (Å²) in [6.07, 6.45) is -0.750. The van der Waals surface area contributed by atoms with Gasteiger partial charge in [0.15, 0.2) is 0 Å². The van der Waals surface area contributed by atoms with Crippen LogP contribution in [0.15, 0.2) is 0 Å². The Morgan fingerprint density at radius 2 is 0.983 bits per heavy atom. The average Bonchev–Trinajstić information content (AvgIpc) is 3.13. The monoisotopic (exact) mass is 857 g/mol. The van der Waals surface area contributed by atoms with E-state index in [-0.39, 0.29) is 24.7 Å². The molecule has 23 heteroatoms. The van der Waals surface area contributed by atoms with Crippen molar-refractivity contribution in [3.63, 3.8) is 0 Å². The normalized spacial score (nSPS) is 15.6. The van der Waals surface area contributed by atoms with Crippen LogP contribution in [-0.2, 0) is 47.9 Å². The third kappa shape index (κ3) is 21.5. The van der Waals surface area contributed by atoms with Crippen LogP contribution < -0.4 is 59.7 Å². The number of primary amides is 1. The van der Waals surface area contributed by atoms with Gasteiger partial charge in [0.05, 0.1) is 18.6 Å². The molecule has 0 aliphatic carbocycles. The molecule has 0 saturated carbocycles. The summed E-state index contributed by atoms with van der Waals surface area (Å²) in [7, 11) is 0. The van der Waals surface area contributed by atoms with E-state index in [2.05, 4.69) is 42.5 Å². The largest absolute Gasteiger partial charge is 0.480 e. The molecule has 16 N–H and O–H groups in total. The van der Waals surface area contributed by atoms with Gasteiger partial charge in [-0.1, -0.05) is 27.7 Å². The highest BCUT2D eigenvalue weighted by atomic mass is 16.4. The van der Waals surface area contributed by atoms with Gasteiger partial charge in [-0.2, -0.15) is 0 Å². The van der Waals surface area contributed by atoms with E-state index in [9.17, 15) is 53.1 Å². The molecule has 9 unspecified atom stereocenters. The second kappa shape index (κ2) is 27.4. The quantitative estimate of drug-likeness (QED) is 0.0330. The van der Waals surface area contributed by atoms with Crippen LogP contribution in [0.2, 0.25) is 0 Å². The summed E-state index contributed by atoms with van der Waals surface area (Å²) in [5.74, 6) is -9.15. The number of carboxylic acids is 1. The molecule has 23 nitrogen and oxygen atoms in total. The lowest BCUT2D eigenvalue weighted by Gasteiger charge is -2.27. The van der Waals surface area contributed by atoms with Crippen LogP contribution in [0.5, 0.6) is 0 Å². The Balaban J connectivity index is 5.91. The summed E-state index contributed by atoms with van der Waals surface area (Å²) in [6, 6.07) is -10.5. The fourth-order valence-corrected chi connectivity index (χ4v) is 5.46. The minimum absolute atomic E-state index is 0.0365. The summed E-state index contributed by atoms with van der Waals surface area (Å²) >= 11 is 0. The lowest BCUT2D eigenvalue weighted by molar-refractivity contribution is -0.138. The molecular weight excluding hydrogens is 790 g/mol. The molecule has 0 heterocycles. The molecule has 0 aliphatic rings. The van der Waals surface area contributed by atoms with Crippen LogP contribution in [0.4, 0.5) is 0 Å². The van der Waals surface area contributed by atoms with Gasteiger partial charge in [0, 0.05) is 0 Å². The topological polar surface area (TPSA) is 385 Å². The molecule has 9 atom stereocenters. The highest BCUT2D eigenvalue weighted by molar-refractivity contribution is 5.99. The zero-order valence-electron chi connectivity index (χ0n) is 35.7. The summed E-state index contributed by atoms with van der Waals surface area (Å²) in [5, 5.41) is 37.9. The smallest absolute Gasteiger partial charge is 0.322 e. The van der Waals surface area contributed by atoms with E-state index in [0.717, 1.165) is 6.92 Å². The average molecular weight is 858 g/mol. The number of carboxylic acid groups (broad SMARTS) is 1. The van der Waals surface area contributed by atoms with E-state index >= 15 is 0 Å². The first-order valence-electron chi connectivity index (χ1n) is 19.8. The highest BCUT2D eigenvalue weighted by Gasteiger charge is 2.34. The molecule has 342 valence electrons. The van der Waals surface area contributed by atoms with Gasteiger partial charge in [-0.25, -0.2) is 0 Å². The summed E-state index contributed by atoms with van der Waals surface area (Å²) < 4.78 is 0. The summed E-state index contributed by atoms with van der Waals surface area (Å²) in [4.78, 5) is 127. The second-order valence-corrected chi connectivity index (χ2v) is 15.5. The Morgan fingerprint density at radius 3 is 1.48 bits per heavy atom. The van der Waals surface area contributed by atoms with Gasteiger partial charge in [-0.3, -0.25) is 47.9 Å². The Morgan fingerprint density at radius 1 is 0.533 bits per heavy atom. The van der Waals surface area contributed by atoms with Crippen molar-refractivity contribution in [2.75, 3.05) is 13.1 Å². The van der Waals surface area contributed by atoms with E-state index in [1.165, 1.54) is 20.8 Å². The lowest BCUT2D eigenvalue weighted by Crippen LogP contribution is -2.61. The number of hydrogen-bond donors (Lipinski definition) is 13. The third-order valence-corrected chi connectivity index (χ3v) is 8.75. The van der Waals surface area contributed by atoms with Gasteiger partial charge in [0.1, 0.15) is 48.8 Å². The standard InChI is InChI=1S/C37H67N11O12/c1-17(2)13-23(39)33(56)47-25(14-18(3)4)35(58)45-24(11-9-10-12-38)34(57)43-21(7)32(55)46-26(15-27(40)50)36(59)48-29(22(8)49)37(60)44-20(6)31(54)42-19(5)30(53)41-16-28(51)52/h17-26,29,49H,9-16,38-39H2,1-8H3,(H2,40,50)(H,41,53)(H,42,54)(H,43,57)(H,44,60)(H,45,58)(H,46,55)(H,47,56)(H,48,59)(H,51,52). The second-order valence-electron chi connectivity index (χ2n) is 15.5. The number of amides is 9. The molecule has 0 saturated heterocycles. The van der Waals surface area contributed by atoms with Crippen LogP contribution in [0.25, 0.3) is 0 Å². The van der Waals surface area contributed by atoms with Crippen LogP contribution in [0, 0.1) is 11.8 Å². The molecule has 0 radical (unpaired) electrons. The van der Waals surface area contributed by atoms with Gasteiger partial charge in [-0.05, 0) is 78.2 Å². The maximum Gasteiger partial charge on any atom is 0.322 e. The van der Waals surface area contributed by atoms with Crippen LogP contribution in [0.3, 0.4) is 0 Å². The van der Waals surface area contributed by atoms with Crippen LogP contribution in [-0.4, -0.2) is 137 Å². The molecule has 0 aromatic heterocycles.